The van der Waals surface area contributed by atoms with E-state index in [4.69, 9.17) is 9.84 Å². The molecule has 0 aliphatic heterocycles. The van der Waals surface area contributed by atoms with Gasteiger partial charge in [0.25, 0.3) is 0 Å². The minimum absolute atomic E-state index is 0.236. The van der Waals surface area contributed by atoms with Crippen LogP contribution in [0.25, 0.3) is 0 Å². The molecule has 0 aliphatic rings. The van der Waals surface area contributed by atoms with Crippen LogP contribution >= 0.6 is 0 Å². The minimum Gasteiger partial charge on any atom is -0.476 e. The summed E-state index contributed by atoms with van der Waals surface area (Å²) in [6.07, 6.45) is 0.951. The van der Waals surface area contributed by atoms with Gasteiger partial charge in [-0.25, -0.2) is 13.9 Å². The molecule has 0 fully saturated rings. The van der Waals surface area contributed by atoms with Crippen LogP contribution in [0.4, 0.5) is 10.1 Å². The number of aromatic nitrogens is 2. The second-order valence-corrected chi connectivity index (χ2v) is 3.69. The largest absolute Gasteiger partial charge is 0.476 e. The molecule has 0 unspecified atom stereocenters. The predicted molar refractivity (Wildman–Crippen MR) is 62.9 cm³/mol. The summed E-state index contributed by atoms with van der Waals surface area (Å²) in [6.45, 7) is -0.236. The zero-order chi connectivity index (χ0) is 14.7. The summed E-state index contributed by atoms with van der Waals surface area (Å²) in [4.78, 5) is 20.6. The van der Waals surface area contributed by atoms with Gasteiger partial charge < -0.3 is 9.84 Å². The van der Waals surface area contributed by atoms with Crippen LogP contribution in [0, 0.1) is 15.9 Å². The number of nitro groups is 1. The van der Waals surface area contributed by atoms with Crippen molar-refractivity contribution in [1.29, 1.82) is 0 Å². The second-order valence-electron chi connectivity index (χ2n) is 3.69. The van der Waals surface area contributed by atoms with E-state index in [1.807, 2.05) is 0 Å². The highest BCUT2D eigenvalue weighted by molar-refractivity contribution is 5.89. The third-order valence-electron chi connectivity index (χ3n) is 2.32. The number of rotatable bonds is 5. The number of aromatic carboxylic acids is 1. The summed E-state index contributed by atoms with van der Waals surface area (Å²) in [7, 11) is 0. The lowest BCUT2D eigenvalue weighted by molar-refractivity contribution is -0.385. The lowest BCUT2D eigenvalue weighted by atomic mass is 10.3. The van der Waals surface area contributed by atoms with E-state index in [0.29, 0.717) is 5.75 Å². The van der Waals surface area contributed by atoms with E-state index in [1.54, 1.807) is 0 Å². The van der Waals surface area contributed by atoms with E-state index in [9.17, 15) is 19.3 Å². The Balaban J connectivity index is 2.14. The lowest BCUT2D eigenvalue weighted by Gasteiger charge is -2.05. The highest BCUT2D eigenvalue weighted by atomic mass is 19.1. The summed E-state index contributed by atoms with van der Waals surface area (Å²) in [6, 6.07) is 5.10. The average molecular weight is 281 g/mol. The van der Waals surface area contributed by atoms with Gasteiger partial charge in [-0.2, -0.15) is 5.10 Å². The molecule has 1 aromatic heterocycles. The zero-order valence-electron chi connectivity index (χ0n) is 9.89. The third-order valence-corrected chi connectivity index (χ3v) is 2.32. The third kappa shape index (κ3) is 2.88. The van der Waals surface area contributed by atoms with Gasteiger partial charge in [-0.3, -0.25) is 10.1 Å². The molecule has 1 heterocycles. The molecule has 0 radical (unpaired) electrons. The molecule has 104 valence electrons. The summed E-state index contributed by atoms with van der Waals surface area (Å²) < 4.78 is 18.8. The zero-order valence-corrected chi connectivity index (χ0v) is 9.89. The summed E-state index contributed by atoms with van der Waals surface area (Å²) in [5.41, 5.74) is -1.29. The molecule has 0 amide bonds. The molecular weight excluding hydrogens is 273 g/mol. The molecule has 8 nitrogen and oxygen atoms in total. The van der Waals surface area contributed by atoms with Gasteiger partial charge in [0, 0.05) is 0 Å². The Bertz CT molecular complexity index is 621. The van der Waals surface area contributed by atoms with Crippen LogP contribution in [-0.4, -0.2) is 25.8 Å². The van der Waals surface area contributed by atoms with Crippen LogP contribution in [0.15, 0.2) is 30.5 Å². The predicted octanol–water partition coefficient (Wildman–Crippen LogP) is 1.67. The minimum atomic E-state index is -1.50. The molecule has 2 aromatic rings. The Labute approximate surface area is 111 Å². The van der Waals surface area contributed by atoms with Gasteiger partial charge >= 0.3 is 11.7 Å². The van der Waals surface area contributed by atoms with Gasteiger partial charge in [0.15, 0.2) is 6.73 Å². The van der Waals surface area contributed by atoms with Crippen LogP contribution in [-0.2, 0) is 6.73 Å². The molecule has 0 saturated heterocycles. The Morgan fingerprint density at radius 3 is 2.60 bits per heavy atom. The first kappa shape index (κ1) is 13.5. The number of ether oxygens (including phenoxy) is 1. The molecular formula is C11H8FN3O5. The van der Waals surface area contributed by atoms with Gasteiger partial charge in [-0.05, 0) is 24.3 Å². The van der Waals surface area contributed by atoms with E-state index in [2.05, 4.69) is 5.10 Å². The van der Waals surface area contributed by atoms with E-state index >= 15 is 0 Å². The number of halogens is 1. The molecule has 1 aromatic carbocycles. The van der Waals surface area contributed by atoms with E-state index in [1.165, 1.54) is 24.3 Å². The Morgan fingerprint density at radius 1 is 1.45 bits per heavy atom. The Kier molecular flexibility index (Phi) is 3.60. The van der Waals surface area contributed by atoms with Gasteiger partial charge in [-0.15, -0.1) is 0 Å². The van der Waals surface area contributed by atoms with E-state index in [0.717, 1.165) is 10.9 Å². The quantitative estimate of drug-likeness (QED) is 0.659. The molecule has 0 aliphatic carbocycles. The van der Waals surface area contributed by atoms with Gasteiger partial charge in [0.05, 0.1) is 4.92 Å². The van der Waals surface area contributed by atoms with Crippen LogP contribution in [0.1, 0.15) is 10.5 Å². The standard InChI is InChI=1S/C11H8FN3O5/c12-7-1-3-8(4-2-7)20-6-14-5-9(15(18)19)10(13-14)11(16)17/h1-5H,6H2,(H,16,17). The van der Waals surface area contributed by atoms with Gasteiger partial charge in [0.2, 0.25) is 5.69 Å². The van der Waals surface area contributed by atoms with Crippen molar-refractivity contribution in [1.82, 2.24) is 9.78 Å². The van der Waals surface area contributed by atoms with Crippen molar-refractivity contribution >= 4 is 11.7 Å². The maximum absolute atomic E-state index is 12.7. The number of nitrogens with zero attached hydrogens (tertiary/aromatic N) is 3. The number of carbonyl (C=O) groups is 1. The molecule has 1 N–H and O–H groups in total. The van der Waals surface area contributed by atoms with Crippen molar-refractivity contribution in [3.8, 4) is 5.75 Å². The Hall–Kier alpha value is -2.97. The molecule has 0 bridgehead atoms. The van der Waals surface area contributed by atoms with Gasteiger partial charge in [0.1, 0.15) is 17.8 Å². The molecule has 2 rings (SSSR count). The maximum atomic E-state index is 12.7. The lowest BCUT2D eigenvalue weighted by Crippen LogP contribution is -2.07. The first-order valence-corrected chi connectivity index (χ1v) is 5.31. The second kappa shape index (κ2) is 5.34. The highest BCUT2D eigenvalue weighted by Crippen LogP contribution is 2.17. The smallest absolute Gasteiger partial charge is 0.363 e. The van der Waals surface area contributed by atoms with Crippen molar-refractivity contribution < 1.29 is 24.0 Å². The highest BCUT2D eigenvalue weighted by Gasteiger charge is 2.25. The van der Waals surface area contributed by atoms with Crippen LogP contribution in [0.3, 0.4) is 0 Å². The maximum Gasteiger partial charge on any atom is 0.363 e. The fraction of sp³-hybridized carbons (Fsp3) is 0.0909. The monoisotopic (exact) mass is 281 g/mol. The van der Waals surface area contributed by atoms with Crippen molar-refractivity contribution in [2.45, 2.75) is 6.73 Å². The van der Waals surface area contributed by atoms with Crippen LogP contribution in [0.5, 0.6) is 5.75 Å². The van der Waals surface area contributed by atoms with E-state index in [-0.39, 0.29) is 6.73 Å². The molecule has 0 spiro atoms. The summed E-state index contributed by atoms with van der Waals surface area (Å²) >= 11 is 0. The van der Waals surface area contributed by atoms with Crippen LogP contribution < -0.4 is 4.74 Å². The number of hydrogen-bond donors (Lipinski definition) is 1. The topological polar surface area (TPSA) is 107 Å². The fourth-order valence-electron chi connectivity index (χ4n) is 1.43. The summed E-state index contributed by atoms with van der Waals surface area (Å²) in [5.74, 6) is -1.61. The van der Waals surface area contributed by atoms with Crippen molar-refractivity contribution in [3.05, 3.63) is 52.1 Å². The van der Waals surface area contributed by atoms with Gasteiger partial charge in [-0.1, -0.05) is 0 Å². The molecule has 0 atom stereocenters. The van der Waals surface area contributed by atoms with Crippen molar-refractivity contribution in [2.75, 3.05) is 0 Å². The van der Waals surface area contributed by atoms with Crippen LogP contribution in [0.2, 0.25) is 0 Å². The van der Waals surface area contributed by atoms with Crippen molar-refractivity contribution in [3.63, 3.8) is 0 Å². The number of benzene rings is 1. The fourth-order valence-corrected chi connectivity index (χ4v) is 1.43. The first-order valence-electron chi connectivity index (χ1n) is 5.31. The molecule has 0 saturated carbocycles. The number of carboxylic acids is 1. The number of carboxylic acid groups (broad SMARTS) is 1. The number of hydrogen-bond acceptors (Lipinski definition) is 5. The molecule has 9 heteroatoms. The normalized spacial score (nSPS) is 10.2. The van der Waals surface area contributed by atoms with Crippen molar-refractivity contribution in [2.24, 2.45) is 0 Å². The molecule has 20 heavy (non-hydrogen) atoms. The average Bonchev–Trinajstić information content (AvgIpc) is 2.83. The SMILES string of the molecule is O=C(O)c1nn(COc2ccc(F)cc2)cc1[N+](=O)[O-]. The first-order chi connectivity index (χ1) is 9.47. The Morgan fingerprint density at radius 2 is 2.10 bits per heavy atom. The summed E-state index contributed by atoms with van der Waals surface area (Å²) in [5, 5.41) is 23.0. The van der Waals surface area contributed by atoms with E-state index < -0.39 is 28.1 Å².